The summed E-state index contributed by atoms with van der Waals surface area (Å²) < 4.78 is 0. The Hall–Kier alpha value is -0.700. The molecule has 1 unspecified atom stereocenters. The van der Waals surface area contributed by atoms with Crippen LogP contribution in [0.2, 0.25) is 0 Å². The molecule has 0 aromatic carbocycles. The van der Waals surface area contributed by atoms with Crippen molar-refractivity contribution in [1.29, 1.82) is 0 Å². The Balaban J connectivity index is 2.12. The van der Waals surface area contributed by atoms with Crippen molar-refractivity contribution < 1.29 is 5.01 Å². The summed E-state index contributed by atoms with van der Waals surface area (Å²) >= 11 is 0. The van der Waals surface area contributed by atoms with Gasteiger partial charge in [-0.15, -0.1) is 12.2 Å². The van der Waals surface area contributed by atoms with E-state index in [4.69, 9.17) is 0 Å². The molecule has 0 aromatic heterocycles. The van der Waals surface area contributed by atoms with Crippen LogP contribution in [0.15, 0.2) is 22.2 Å². The third-order valence-corrected chi connectivity index (χ3v) is 1.60. The Labute approximate surface area is 54.0 Å². The van der Waals surface area contributed by atoms with E-state index in [0.717, 1.165) is 10.7 Å². The average molecular weight is 123 g/mol. The molecular weight excluding hydrogens is 114 g/mol. The van der Waals surface area contributed by atoms with Crippen LogP contribution in [0.3, 0.4) is 0 Å². The predicted octanol–water partition coefficient (Wildman–Crippen LogP) is 0.295. The monoisotopic (exact) mass is 123 g/mol. The van der Waals surface area contributed by atoms with Crippen LogP contribution in [0.4, 0.5) is 0 Å². The van der Waals surface area contributed by atoms with Gasteiger partial charge in [0.1, 0.15) is 11.9 Å². The van der Waals surface area contributed by atoms with E-state index in [-0.39, 0.29) is 0 Å². The number of rotatable bonds is 1. The summed E-state index contributed by atoms with van der Waals surface area (Å²) in [5.41, 5.74) is 1.14. The summed E-state index contributed by atoms with van der Waals surface area (Å²) in [4.78, 5) is 0. The zero-order valence-corrected chi connectivity index (χ0v) is 5.17. The first-order chi connectivity index (χ1) is 4.36. The number of nitrogens with one attached hydrogen (secondary N) is 1. The molecule has 0 aromatic rings. The van der Waals surface area contributed by atoms with Gasteiger partial charge in [-0.2, -0.15) is 0 Å². The van der Waals surface area contributed by atoms with Crippen LogP contribution in [-0.2, 0) is 0 Å². The van der Waals surface area contributed by atoms with Crippen molar-refractivity contribution in [3.05, 3.63) is 18.9 Å². The van der Waals surface area contributed by atoms with E-state index >= 15 is 0 Å². The fourth-order valence-electron chi connectivity index (χ4n) is 0.929. The molecule has 0 saturated heterocycles. The quantitative estimate of drug-likeness (QED) is 0.486. The van der Waals surface area contributed by atoms with E-state index < -0.39 is 0 Å². The minimum Gasteiger partial charge on any atom is -0.291 e. The first-order valence-corrected chi connectivity index (χ1v) is 3.18. The standard InChI is InChI=1S/C6H9N3/c1-9-4-6(7-8-9)5-2-3-5/h4-5,9H,1-3H2. The number of allylic oxidation sites excluding steroid dienone is 1. The molecule has 0 radical (unpaired) electrons. The van der Waals surface area contributed by atoms with Gasteiger partial charge < -0.3 is 0 Å². The van der Waals surface area contributed by atoms with Crippen LogP contribution < -0.4 is 5.01 Å². The van der Waals surface area contributed by atoms with Crippen molar-refractivity contribution >= 4 is 0 Å². The molecule has 1 aliphatic heterocycles. The van der Waals surface area contributed by atoms with Gasteiger partial charge in [-0.25, -0.2) is 0 Å². The molecule has 2 aliphatic rings. The third-order valence-electron chi connectivity index (χ3n) is 1.60. The maximum atomic E-state index is 3.97. The maximum Gasteiger partial charge on any atom is 0.124 e. The smallest absolute Gasteiger partial charge is 0.124 e. The second-order valence-corrected chi connectivity index (χ2v) is 2.53. The van der Waals surface area contributed by atoms with E-state index in [1.807, 2.05) is 6.20 Å². The SMILES string of the molecule is [CH2-][NH+]1C=C(C2CC2)N=N1. The summed E-state index contributed by atoms with van der Waals surface area (Å²) in [6, 6.07) is 0. The summed E-state index contributed by atoms with van der Waals surface area (Å²) in [6.07, 6.45) is 4.55. The number of hydrogen-bond donors (Lipinski definition) is 1. The number of quaternary nitrogens is 1. The van der Waals surface area contributed by atoms with Crippen LogP contribution in [0, 0.1) is 13.0 Å². The molecule has 1 N–H and O–H groups in total. The topological polar surface area (TPSA) is 29.2 Å². The average Bonchev–Trinajstić information content (AvgIpc) is 2.58. The van der Waals surface area contributed by atoms with Crippen LogP contribution in [0.1, 0.15) is 12.8 Å². The lowest BCUT2D eigenvalue weighted by atomic mass is 10.3. The summed E-state index contributed by atoms with van der Waals surface area (Å²) in [6.45, 7) is 0. The van der Waals surface area contributed by atoms with Crippen LogP contribution in [-0.4, -0.2) is 0 Å². The van der Waals surface area contributed by atoms with Crippen LogP contribution in [0.5, 0.6) is 0 Å². The van der Waals surface area contributed by atoms with Gasteiger partial charge in [0, 0.05) is 11.1 Å². The van der Waals surface area contributed by atoms with Crippen molar-refractivity contribution in [1.82, 2.24) is 0 Å². The summed E-state index contributed by atoms with van der Waals surface area (Å²) in [5.74, 6) is 0.716. The Morgan fingerprint density at radius 2 is 2.44 bits per heavy atom. The second-order valence-electron chi connectivity index (χ2n) is 2.53. The summed E-state index contributed by atoms with van der Waals surface area (Å²) in [5, 5.41) is 8.58. The van der Waals surface area contributed by atoms with Gasteiger partial charge in [-0.3, -0.25) is 5.01 Å². The molecule has 0 bridgehead atoms. The molecule has 3 heteroatoms. The van der Waals surface area contributed by atoms with E-state index in [9.17, 15) is 0 Å². The highest BCUT2D eigenvalue weighted by Gasteiger charge is 2.29. The molecule has 2 rings (SSSR count). The summed E-state index contributed by atoms with van der Waals surface area (Å²) in [7, 11) is 3.68. The molecule has 48 valence electrons. The number of hydrogen-bond acceptors (Lipinski definition) is 2. The van der Waals surface area contributed by atoms with E-state index in [0.29, 0.717) is 5.92 Å². The van der Waals surface area contributed by atoms with Gasteiger partial charge in [0.15, 0.2) is 0 Å². The van der Waals surface area contributed by atoms with Crippen molar-refractivity contribution in [3.8, 4) is 0 Å². The molecule has 9 heavy (non-hydrogen) atoms. The molecule has 1 heterocycles. The fourth-order valence-corrected chi connectivity index (χ4v) is 0.929. The van der Waals surface area contributed by atoms with E-state index in [1.54, 1.807) is 0 Å². The minimum atomic E-state index is 0.716. The van der Waals surface area contributed by atoms with Gasteiger partial charge in [0.2, 0.25) is 0 Å². The van der Waals surface area contributed by atoms with Gasteiger partial charge >= 0.3 is 0 Å². The molecule has 1 saturated carbocycles. The number of nitrogens with zero attached hydrogens (tertiary/aromatic N) is 2. The molecule has 0 amide bonds. The lowest BCUT2D eigenvalue weighted by Gasteiger charge is -1.95. The maximum absolute atomic E-state index is 3.97. The van der Waals surface area contributed by atoms with Crippen molar-refractivity contribution in [2.24, 2.45) is 16.3 Å². The normalized spacial score (nSPS) is 33.0. The highest BCUT2D eigenvalue weighted by Crippen LogP contribution is 2.37. The largest absolute Gasteiger partial charge is 0.291 e. The highest BCUT2D eigenvalue weighted by atomic mass is 15.5. The first-order valence-electron chi connectivity index (χ1n) is 3.18. The fraction of sp³-hybridized carbons (Fsp3) is 0.500. The van der Waals surface area contributed by atoms with Crippen LogP contribution >= 0.6 is 0 Å². The molecule has 0 spiro atoms. The lowest BCUT2D eigenvalue weighted by Crippen LogP contribution is -2.95. The first kappa shape index (κ1) is 5.11. The second kappa shape index (κ2) is 1.64. The highest BCUT2D eigenvalue weighted by molar-refractivity contribution is 5.07. The van der Waals surface area contributed by atoms with Crippen molar-refractivity contribution in [3.63, 3.8) is 0 Å². The minimum absolute atomic E-state index is 0.716. The predicted molar refractivity (Wildman–Crippen MR) is 32.0 cm³/mol. The van der Waals surface area contributed by atoms with Crippen LogP contribution in [0.25, 0.3) is 0 Å². The zero-order valence-electron chi connectivity index (χ0n) is 5.17. The Morgan fingerprint density at radius 1 is 1.67 bits per heavy atom. The van der Waals surface area contributed by atoms with Gasteiger partial charge in [0.25, 0.3) is 0 Å². The molecule has 1 aliphatic carbocycles. The van der Waals surface area contributed by atoms with Gasteiger partial charge in [-0.05, 0) is 12.8 Å². The molecule has 1 fully saturated rings. The van der Waals surface area contributed by atoms with Gasteiger partial charge in [0.05, 0.1) is 0 Å². The van der Waals surface area contributed by atoms with Crippen molar-refractivity contribution in [2.45, 2.75) is 12.8 Å². The third kappa shape index (κ3) is 0.876. The van der Waals surface area contributed by atoms with E-state index in [1.165, 1.54) is 12.8 Å². The Morgan fingerprint density at radius 3 is 2.89 bits per heavy atom. The Kier molecular flexibility index (Phi) is 0.931. The van der Waals surface area contributed by atoms with Crippen molar-refractivity contribution in [2.75, 3.05) is 0 Å². The molecule has 1 atom stereocenters. The molecule has 3 nitrogen and oxygen atoms in total. The lowest BCUT2D eigenvalue weighted by molar-refractivity contribution is -0.805. The zero-order chi connectivity index (χ0) is 6.27. The van der Waals surface area contributed by atoms with Gasteiger partial charge in [-0.1, -0.05) is 0 Å². The molecular formula is C6H9N3. The van der Waals surface area contributed by atoms with E-state index in [2.05, 4.69) is 17.4 Å². The Bertz CT molecular complexity index is 179.